The maximum absolute atomic E-state index is 12.6. The van der Waals surface area contributed by atoms with Gasteiger partial charge < -0.3 is 10.2 Å². The zero-order valence-electron chi connectivity index (χ0n) is 13.8. The van der Waals surface area contributed by atoms with Crippen molar-refractivity contribution < 1.29 is 9.72 Å². The molecule has 1 aliphatic heterocycles. The Morgan fingerprint density at radius 3 is 2.64 bits per heavy atom. The second kappa shape index (κ2) is 7.11. The minimum Gasteiger partial charge on any atom is -0.369 e. The number of carbonyl (C=O) groups excluding carboxylic acids is 1. The van der Waals surface area contributed by atoms with Crippen molar-refractivity contribution in [1.82, 2.24) is 0 Å². The van der Waals surface area contributed by atoms with Gasteiger partial charge in [0.25, 0.3) is 11.6 Å². The Morgan fingerprint density at radius 2 is 1.96 bits per heavy atom. The Hall–Kier alpha value is -2.60. The van der Waals surface area contributed by atoms with E-state index in [9.17, 15) is 14.9 Å². The van der Waals surface area contributed by atoms with Gasteiger partial charge in [-0.1, -0.05) is 23.7 Å². The second-order valence-electron chi connectivity index (χ2n) is 6.04. The molecule has 2 aromatic carbocycles. The number of nitrogens with one attached hydrogen (secondary N) is 1. The van der Waals surface area contributed by atoms with E-state index in [-0.39, 0.29) is 11.3 Å². The van der Waals surface area contributed by atoms with E-state index in [4.69, 9.17) is 11.6 Å². The normalized spacial score (nSPS) is 13.8. The molecule has 1 saturated heterocycles. The number of hydrogen-bond acceptors (Lipinski definition) is 4. The minimum absolute atomic E-state index is 0.0708. The average molecular weight is 360 g/mol. The number of nitro groups is 1. The first-order chi connectivity index (χ1) is 12.0. The van der Waals surface area contributed by atoms with Gasteiger partial charge >= 0.3 is 0 Å². The highest BCUT2D eigenvalue weighted by Gasteiger charge is 2.21. The van der Waals surface area contributed by atoms with Crippen LogP contribution in [0, 0.1) is 17.0 Å². The summed E-state index contributed by atoms with van der Waals surface area (Å²) < 4.78 is 0. The molecule has 0 aliphatic carbocycles. The topological polar surface area (TPSA) is 75.5 Å². The van der Waals surface area contributed by atoms with Crippen molar-refractivity contribution in [2.24, 2.45) is 0 Å². The van der Waals surface area contributed by atoms with Crippen molar-refractivity contribution in [3.8, 4) is 0 Å². The summed E-state index contributed by atoms with van der Waals surface area (Å²) >= 11 is 6.34. The third-order valence-electron chi connectivity index (χ3n) is 4.33. The lowest BCUT2D eigenvalue weighted by Gasteiger charge is -2.23. The number of rotatable bonds is 4. The molecule has 25 heavy (non-hydrogen) atoms. The summed E-state index contributed by atoms with van der Waals surface area (Å²) in [5.41, 5.74) is 2.10. The number of nitrogens with zero attached hydrogens (tertiary/aromatic N) is 2. The van der Waals surface area contributed by atoms with Crippen LogP contribution in [0.25, 0.3) is 0 Å². The molecule has 1 aliphatic rings. The molecule has 1 fully saturated rings. The van der Waals surface area contributed by atoms with Gasteiger partial charge in [-0.2, -0.15) is 0 Å². The lowest BCUT2D eigenvalue weighted by Crippen LogP contribution is -2.21. The lowest BCUT2D eigenvalue weighted by atomic mass is 10.1. The Labute approximate surface area is 150 Å². The van der Waals surface area contributed by atoms with Crippen molar-refractivity contribution in [3.05, 3.63) is 62.7 Å². The monoisotopic (exact) mass is 359 g/mol. The van der Waals surface area contributed by atoms with Crippen LogP contribution in [0.15, 0.2) is 36.4 Å². The molecule has 2 aromatic rings. The quantitative estimate of drug-likeness (QED) is 0.648. The Bertz CT molecular complexity index is 832. The largest absolute Gasteiger partial charge is 0.369 e. The number of amides is 1. The van der Waals surface area contributed by atoms with Crippen molar-refractivity contribution in [2.45, 2.75) is 19.8 Å². The highest BCUT2D eigenvalue weighted by atomic mass is 35.5. The SMILES string of the molecule is Cc1ccc(C(=O)Nc2cccc(Cl)c2N2CCCC2)cc1[N+](=O)[O-]. The van der Waals surface area contributed by atoms with Gasteiger partial charge in [0.1, 0.15) is 0 Å². The van der Waals surface area contributed by atoms with E-state index in [0.717, 1.165) is 31.6 Å². The third kappa shape index (κ3) is 3.58. The maximum Gasteiger partial charge on any atom is 0.273 e. The van der Waals surface area contributed by atoms with Gasteiger partial charge in [-0.05, 0) is 38.0 Å². The van der Waals surface area contributed by atoms with E-state index >= 15 is 0 Å². The highest BCUT2D eigenvalue weighted by Crippen LogP contribution is 2.36. The fourth-order valence-electron chi connectivity index (χ4n) is 3.02. The number of aryl methyl sites for hydroxylation is 1. The summed E-state index contributed by atoms with van der Waals surface area (Å²) in [5, 5.41) is 14.5. The first kappa shape index (κ1) is 17.2. The first-order valence-electron chi connectivity index (χ1n) is 8.07. The molecule has 0 unspecified atom stereocenters. The van der Waals surface area contributed by atoms with Gasteiger partial charge in [-0.3, -0.25) is 14.9 Å². The maximum atomic E-state index is 12.6. The molecule has 0 spiro atoms. The van der Waals surface area contributed by atoms with Crippen molar-refractivity contribution in [2.75, 3.05) is 23.3 Å². The van der Waals surface area contributed by atoms with E-state index in [2.05, 4.69) is 10.2 Å². The molecule has 1 amide bonds. The third-order valence-corrected chi connectivity index (χ3v) is 4.63. The van der Waals surface area contributed by atoms with E-state index in [1.807, 2.05) is 0 Å². The molecule has 0 atom stereocenters. The molecule has 6 nitrogen and oxygen atoms in total. The van der Waals surface area contributed by atoms with Crippen LogP contribution in [0.3, 0.4) is 0 Å². The van der Waals surface area contributed by atoms with Crippen LogP contribution in [0.5, 0.6) is 0 Å². The number of anilines is 2. The molecule has 3 rings (SSSR count). The van der Waals surface area contributed by atoms with Crippen LogP contribution in [-0.2, 0) is 0 Å². The summed E-state index contributed by atoms with van der Waals surface area (Å²) in [6.45, 7) is 3.42. The van der Waals surface area contributed by atoms with Crippen LogP contribution >= 0.6 is 11.6 Å². The summed E-state index contributed by atoms with van der Waals surface area (Å²) in [4.78, 5) is 25.3. The average Bonchev–Trinajstić information content (AvgIpc) is 3.09. The molecule has 0 saturated carbocycles. The number of hydrogen-bond donors (Lipinski definition) is 1. The van der Waals surface area contributed by atoms with Crippen molar-refractivity contribution in [3.63, 3.8) is 0 Å². The molecule has 0 radical (unpaired) electrons. The second-order valence-corrected chi connectivity index (χ2v) is 6.45. The molecule has 130 valence electrons. The Kier molecular flexibility index (Phi) is 4.90. The summed E-state index contributed by atoms with van der Waals surface area (Å²) in [5.74, 6) is -0.397. The highest BCUT2D eigenvalue weighted by molar-refractivity contribution is 6.34. The summed E-state index contributed by atoms with van der Waals surface area (Å²) in [7, 11) is 0. The lowest BCUT2D eigenvalue weighted by molar-refractivity contribution is -0.385. The fourth-order valence-corrected chi connectivity index (χ4v) is 3.31. The predicted octanol–water partition coefficient (Wildman–Crippen LogP) is 4.41. The van der Waals surface area contributed by atoms with Crippen LogP contribution in [-0.4, -0.2) is 23.9 Å². The van der Waals surface area contributed by atoms with E-state index in [0.29, 0.717) is 16.3 Å². The molecule has 7 heteroatoms. The number of nitro benzene ring substituents is 1. The molecular weight excluding hydrogens is 342 g/mol. The minimum atomic E-state index is -0.485. The van der Waals surface area contributed by atoms with Crippen LogP contribution in [0.4, 0.5) is 17.1 Å². The Morgan fingerprint density at radius 1 is 1.24 bits per heavy atom. The van der Waals surface area contributed by atoms with Gasteiger partial charge in [0.05, 0.1) is 21.3 Å². The zero-order valence-corrected chi connectivity index (χ0v) is 14.5. The van der Waals surface area contributed by atoms with Crippen molar-refractivity contribution in [1.29, 1.82) is 0 Å². The standard InChI is InChI=1S/C18H18ClN3O3/c1-12-7-8-13(11-16(12)22(24)25)18(23)20-15-6-4-5-14(19)17(15)21-9-2-3-10-21/h4-8,11H,2-3,9-10H2,1H3,(H,20,23). The first-order valence-corrected chi connectivity index (χ1v) is 8.45. The van der Waals surface area contributed by atoms with Crippen LogP contribution in [0.1, 0.15) is 28.8 Å². The molecule has 1 heterocycles. The smallest absolute Gasteiger partial charge is 0.273 e. The number of halogens is 1. The molecule has 1 N–H and O–H groups in total. The molecular formula is C18H18ClN3O3. The molecule has 0 aromatic heterocycles. The van der Waals surface area contributed by atoms with Crippen LogP contribution in [0.2, 0.25) is 5.02 Å². The van der Waals surface area contributed by atoms with Gasteiger partial charge in [0.2, 0.25) is 0 Å². The zero-order chi connectivity index (χ0) is 18.0. The van der Waals surface area contributed by atoms with Gasteiger partial charge in [-0.15, -0.1) is 0 Å². The van der Waals surface area contributed by atoms with Crippen molar-refractivity contribution >= 4 is 34.6 Å². The predicted molar refractivity (Wildman–Crippen MR) is 98.7 cm³/mol. The fraction of sp³-hybridized carbons (Fsp3) is 0.278. The van der Waals surface area contributed by atoms with E-state index < -0.39 is 10.8 Å². The number of benzene rings is 2. The van der Waals surface area contributed by atoms with Gasteiger partial charge in [0.15, 0.2) is 0 Å². The van der Waals surface area contributed by atoms with Crippen LogP contribution < -0.4 is 10.2 Å². The summed E-state index contributed by atoms with van der Waals surface area (Å²) in [6.07, 6.45) is 2.17. The molecule has 0 bridgehead atoms. The van der Waals surface area contributed by atoms with E-state index in [1.165, 1.54) is 6.07 Å². The van der Waals surface area contributed by atoms with Gasteiger partial charge in [-0.25, -0.2) is 0 Å². The van der Waals surface area contributed by atoms with E-state index in [1.54, 1.807) is 37.3 Å². The van der Waals surface area contributed by atoms with Gasteiger partial charge in [0, 0.05) is 30.3 Å². The number of carbonyl (C=O) groups is 1. The Balaban J connectivity index is 1.90. The summed E-state index contributed by atoms with van der Waals surface area (Å²) in [6, 6.07) is 9.81. The number of para-hydroxylation sites is 1.